The first-order valence-corrected chi connectivity index (χ1v) is 8.66. The van der Waals surface area contributed by atoms with E-state index in [1.807, 2.05) is 54.6 Å². The van der Waals surface area contributed by atoms with Crippen molar-refractivity contribution in [3.8, 4) is 11.1 Å². The normalized spacial score (nSPS) is 16.8. The fourth-order valence-corrected chi connectivity index (χ4v) is 3.49. The summed E-state index contributed by atoms with van der Waals surface area (Å²) in [6.07, 6.45) is 2.42. The number of pyridine rings is 1. The summed E-state index contributed by atoms with van der Waals surface area (Å²) in [5.41, 5.74) is 8.96. The van der Waals surface area contributed by atoms with Gasteiger partial charge < -0.3 is 10.6 Å². The standard InChI is InChI=1S/C21H19N3O2/c22-20(25)17-10-12-24(13-17)21(26)16-8-6-14(7-9-16)18-5-1-3-15-4-2-11-23-19(15)18/h1-9,11,17H,10,12-13H2,(H2,22,25). The third-order valence-electron chi connectivity index (χ3n) is 4.95. The van der Waals surface area contributed by atoms with Crippen molar-refractivity contribution in [3.63, 3.8) is 0 Å². The molecule has 1 unspecified atom stereocenters. The lowest BCUT2D eigenvalue weighted by atomic mass is 10.0. The largest absolute Gasteiger partial charge is 0.369 e. The van der Waals surface area contributed by atoms with Gasteiger partial charge in [0.1, 0.15) is 0 Å². The van der Waals surface area contributed by atoms with Crippen LogP contribution < -0.4 is 5.73 Å². The minimum absolute atomic E-state index is 0.0589. The highest BCUT2D eigenvalue weighted by Crippen LogP contribution is 2.27. The van der Waals surface area contributed by atoms with Gasteiger partial charge in [0, 0.05) is 35.8 Å². The first-order valence-electron chi connectivity index (χ1n) is 8.66. The van der Waals surface area contributed by atoms with Crippen LogP contribution in [0.1, 0.15) is 16.8 Å². The van der Waals surface area contributed by atoms with E-state index in [0.717, 1.165) is 22.0 Å². The summed E-state index contributed by atoms with van der Waals surface area (Å²) in [6, 6.07) is 17.6. The van der Waals surface area contributed by atoms with Crippen LogP contribution in [0.4, 0.5) is 0 Å². The van der Waals surface area contributed by atoms with Gasteiger partial charge >= 0.3 is 0 Å². The zero-order chi connectivity index (χ0) is 18.1. The Bertz CT molecular complexity index is 977. The zero-order valence-electron chi connectivity index (χ0n) is 14.3. The summed E-state index contributed by atoms with van der Waals surface area (Å²) in [5, 5.41) is 1.08. The highest BCUT2D eigenvalue weighted by atomic mass is 16.2. The van der Waals surface area contributed by atoms with Crippen molar-refractivity contribution in [2.75, 3.05) is 13.1 Å². The number of hydrogen-bond donors (Lipinski definition) is 1. The van der Waals surface area contributed by atoms with Gasteiger partial charge in [0.15, 0.2) is 0 Å². The molecular weight excluding hydrogens is 326 g/mol. The van der Waals surface area contributed by atoms with Crippen molar-refractivity contribution < 1.29 is 9.59 Å². The summed E-state index contributed by atoms with van der Waals surface area (Å²) in [5.74, 6) is -0.629. The number of benzene rings is 2. The molecule has 0 radical (unpaired) electrons. The molecule has 2 N–H and O–H groups in total. The topological polar surface area (TPSA) is 76.3 Å². The first kappa shape index (κ1) is 16.3. The van der Waals surface area contributed by atoms with Crippen molar-refractivity contribution in [3.05, 3.63) is 66.4 Å². The molecule has 1 saturated heterocycles. The first-order chi connectivity index (χ1) is 12.6. The summed E-state index contributed by atoms with van der Waals surface area (Å²) in [6.45, 7) is 0.977. The molecule has 0 aliphatic carbocycles. The molecule has 1 atom stereocenters. The number of likely N-dealkylation sites (tertiary alicyclic amines) is 1. The number of primary amides is 1. The lowest BCUT2D eigenvalue weighted by Gasteiger charge is -2.16. The molecule has 1 fully saturated rings. The van der Waals surface area contributed by atoms with Crippen molar-refractivity contribution in [2.24, 2.45) is 11.7 Å². The van der Waals surface area contributed by atoms with Gasteiger partial charge in [0.05, 0.1) is 11.4 Å². The number of hydrogen-bond acceptors (Lipinski definition) is 3. The van der Waals surface area contributed by atoms with Gasteiger partial charge in [-0.25, -0.2) is 0 Å². The molecule has 5 heteroatoms. The maximum absolute atomic E-state index is 12.6. The number of nitrogens with zero attached hydrogens (tertiary/aromatic N) is 2. The molecule has 5 nitrogen and oxygen atoms in total. The molecule has 0 saturated carbocycles. The molecule has 0 bridgehead atoms. The minimum Gasteiger partial charge on any atom is -0.369 e. The Morgan fingerprint density at radius 2 is 1.81 bits per heavy atom. The van der Waals surface area contributed by atoms with E-state index in [1.54, 1.807) is 11.1 Å². The molecule has 3 aromatic rings. The van der Waals surface area contributed by atoms with Crippen LogP contribution in [0.2, 0.25) is 0 Å². The van der Waals surface area contributed by atoms with E-state index in [2.05, 4.69) is 4.98 Å². The molecule has 1 aromatic heterocycles. The van der Waals surface area contributed by atoms with E-state index in [1.165, 1.54) is 0 Å². The Morgan fingerprint density at radius 1 is 1.04 bits per heavy atom. The second kappa shape index (κ2) is 6.59. The van der Waals surface area contributed by atoms with Crippen molar-refractivity contribution in [1.29, 1.82) is 0 Å². The van der Waals surface area contributed by atoms with Crippen LogP contribution in [-0.4, -0.2) is 34.8 Å². The van der Waals surface area contributed by atoms with Crippen LogP contribution >= 0.6 is 0 Å². The van der Waals surface area contributed by atoms with Gasteiger partial charge in [-0.05, 0) is 30.2 Å². The van der Waals surface area contributed by atoms with Crippen molar-refractivity contribution in [1.82, 2.24) is 9.88 Å². The average Bonchev–Trinajstić information content (AvgIpc) is 3.18. The van der Waals surface area contributed by atoms with Gasteiger partial charge in [0.2, 0.25) is 5.91 Å². The molecule has 130 valence electrons. The quantitative estimate of drug-likeness (QED) is 0.793. The Hall–Kier alpha value is -3.21. The number of aromatic nitrogens is 1. The van der Waals surface area contributed by atoms with Gasteiger partial charge in [-0.2, -0.15) is 0 Å². The number of para-hydroxylation sites is 1. The highest BCUT2D eigenvalue weighted by molar-refractivity contribution is 5.97. The summed E-state index contributed by atoms with van der Waals surface area (Å²) in [7, 11) is 0. The van der Waals surface area contributed by atoms with E-state index >= 15 is 0 Å². The Morgan fingerprint density at radius 3 is 2.54 bits per heavy atom. The number of amides is 2. The summed E-state index contributed by atoms with van der Waals surface area (Å²) < 4.78 is 0. The fraction of sp³-hybridized carbons (Fsp3) is 0.190. The maximum Gasteiger partial charge on any atom is 0.253 e. The van der Waals surface area contributed by atoms with Crippen LogP contribution in [-0.2, 0) is 4.79 Å². The molecule has 26 heavy (non-hydrogen) atoms. The molecule has 2 heterocycles. The van der Waals surface area contributed by atoms with Gasteiger partial charge in [-0.1, -0.05) is 36.4 Å². The number of carbonyl (C=O) groups is 2. The lowest BCUT2D eigenvalue weighted by Crippen LogP contribution is -2.31. The molecule has 2 amide bonds. The smallest absolute Gasteiger partial charge is 0.253 e. The second-order valence-corrected chi connectivity index (χ2v) is 6.60. The van der Waals surface area contributed by atoms with E-state index < -0.39 is 0 Å². The predicted octanol–water partition coefficient (Wildman–Crippen LogP) is 2.85. The zero-order valence-corrected chi connectivity index (χ0v) is 14.3. The third-order valence-corrected chi connectivity index (χ3v) is 4.95. The number of carbonyl (C=O) groups excluding carboxylic acids is 2. The second-order valence-electron chi connectivity index (χ2n) is 6.60. The van der Waals surface area contributed by atoms with Crippen molar-refractivity contribution >= 4 is 22.7 Å². The van der Waals surface area contributed by atoms with Crippen LogP contribution in [0.3, 0.4) is 0 Å². The van der Waals surface area contributed by atoms with Gasteiger partial charge in [-0.3, -0.25) is 14.6 Å². The fourth-order valence-electron chi connectivity index (χ4n) is 3.49. The van der Waals surface area contributed by atoms with E-state index in [0.29, 0.717) is 25.1 Å². The maximum atomic E-state index is 12.6. The average molecular weight is 345 g/mol. The third kappa shape index (κ3) is 2.92. The van der Waals surface area contributed by atoms with Crippen LogP contribution in [0, 0.1) is 5.92 Å². The van der Waals surface area contributed by atoms with Crippen LogP contribution in [0.25, 0.3) is 22.0 Å². The molecule has 1 aliphatic heterocycles. The van der Waals surface area contributed by atoms with E-state index in [4.69, 9.17) is 5.73 Å². The summed E-state index contributed by atoms with van der Waals surface area (Å²) >= 11 is 0. The Labute approximate surface area is 151 Å². The number of fused-ring (bicyclic) bond motifs is 1. The predicted molar refractivity (Wildman–Crippen MR) is 100 cm³/mol. The van der Waals surface area contributed by atoms with Gasteiger partial charge in [-0.15, -0.1) is 0 Å². The monoisotopic (exact) mass is 345 g/mol. The van der Waals surface area contributed by atoms with Gasteiger partial charge in [0.25, 0.3) is 5.91 Å². The van der Waals surface area contributed by atoms with Crippen LogP contribution in [0.5, 0.6) is 0 Å². The molecule has 0 spiro atoms. The Balaban J connectivity index is 1.59. The van der Waals surface area contributed by atoms with Crippen molar-refractivity contribution in [2.45, 2.75) is 6.42 Å². The molecule has 4 rings (SSSR count). The molecule has 1 aliphatic rings. The molecule has 2 aromatic carbocycles. The SMILES string of the molecule is NC(=O)C1CCN(C(=O)c2ccc(-c3cccc4cccnc34)cc2)C1. The Kier molecular flexibility index (Phi) is 4.13. The van der Waals surface area contributed by atoms with Crippen LogP contribution in [0.15, 0.2) is 60.8 Å². The lowest BCUT2D eigenvalue weighted by molar-refractivity contribution is -0.121. The minimum atomic E-state index is -0.334. The van der Waals surface area contributed by atoms with E-state index in [-0.39, 0.29) is 17.7 Å². The number of rotatable bonds is 3. The number of nitrogens with two attached hydrogens (primary N) is 1. The summed E-state index contributed by atoms with van der Waals surface area (Å²) in [4.78, 5) is 30.1. The highest BCUT2D eigenvalue weighted by Gasteiger charge is 2.30. The van der Waals surface area contributed by atoms with E-state index in [9.17, 15) is 9.59 Å². The molecular formula is C21H19N3O2.